The van der Waals surface area contributed by atoms with Crippen LogP contribution in [0.5, 0.6) is 0 Å². The molecule has 102 valence electrons. The summed E-state index contributed by atoms with van der Waals surface area (Å²) in [5.74, 6) is 0. The monoisotopic (exact) mass is 268 g/mol. The molecule has 0 radical (unpaired) electrons. The van der Waals surface area contributed by atoms with Gasteiger partial charge in [-0.15, -0.1) is 0 Å². The Kier molecular flexibility index (Phi) is 8.06. The molecule has 1 rings (SSSR count). The highest BCUT2D eigenvalue weighted by Crippen LogP contribution is 2.12. The van der Waals surface area contributed by atoms with Gasteiger partial charge in [-0.3, -0.25) is 0 Å². The zero-order chi connectivity index (χ0) is 13.2. The van der Waals surface area contributed by atoms with Crippen molar-refractivity contribution in [3.8, 4) is 0 Å². The molecule has 2 nitrogen and oxygen atoms in total. The Morgan fingerprint density at radius 3 is 2.78 bits per heavy atom. The minimum atomic E-state index is 0.824. The van der Waals surface area contributed by atoms with Crippen molar-refractivity contribution >= 4 is 11.6 Å². The topological polar surface area (TPSA) is 15.3 Å². The molecule has 0 spiro atoms. The maximum atomic E-state index is 5.98. The van der Waals surface area contributed by atoms with Gasteiger partial charge < -0.3 is 10.2 Å². The Bertz CT molecular complexity index is 328. The van der Waals surface area contributed by atoms with E-state index in [1.165, 1.54) is 24.8 Å². The highest BCUT2D eigenvalue weighted by atomic mass is 35.5. The molecule has 1 aromatic rings. The largest absolute Gasteiger partial charge is 0.317 e. The molecule has 0 aromatic heterocycles. The molecule has 0 aliphatic carbocycles. The van der Waals surface area contributed by atoms with Crippen LogP contribution >= 0.6 is 11.6 Å². The molecule has 3 heteroatoms. The van der Waals surface area contributed by atoms with E-state index in [1.54, 1.807) is 0 Å². The average Bonchev–Trinajstić information content (AvgIpc) is 2.33. The molecule has 0 fully saturated rings. The second-order valence-corrected chi connectivity index (χ2v) is 5.26. The second kappa shape index (κ2) is 9.37. The molecule has 0 unspecified atom stereocenters. The minimum Gasteiger partial charge on any atom is -0.317 e. The predicted molar refractivity (Wildman–Crippen MR) is 80.2 cm³/mol. The highest BCUT2D eigenvalue weighted by Gasteiger charge is 2.00. The SMILES string of the molecule is CCCNCCCCN(C)Cc1cccc(Cl)c1. The van der Waals surface area contributed by atoms with Gasteiger partial charge in [0, 0.05) is 11.6 Å². The number of unbranched alkanes of at least 4 members (excludes halogenated alkanes) is 1. The fourth-order valence-corrected chi connectivity index (χ4v) is 2.17. The lowest BCUT2D eigenvalue weighted by Gasteiger charge is -2.16. The summed E-state index contributed by atoms with van der Waals surface area (Å²) in [6.45, 7) is 6.59. The predicted octanol–water partition coefficient (Wildman–Crippen LogP) is 3.55. The molecule has 0 saturated heterocycles. The van der Waals surface area contributed by atoms with Crippen LogP contribution in [0.2, 0.25) is 5.02 Å². The molecule has 1 N–H and O–H groups in total. The molecule has 0 heterocycles. The first-order valence-corrected chi connectivity index (χ1v) is 7.24. The third-order valence-corrected chi connectivity index (χ3v) is 3.15. The lowest BCUT2D eigenvalue weighted by molar-refractivity contribution is 0.318. The third kappa shape index (κ3) is 7.00. The Balaban J connectivity index is 2.12. The van der Waals surface area contributed by atoms with Gasteiger partial charge in [0.05, 0.1) is 0 Å². The molecule has 0 amide bonds. The summed E-state index contributed by atoms with van der Waals surface area (Å²) in [5.41, 5.74) is 1.29. The summed E-state index contributed by atoms with van der Waals surface area (Å²) in [4.78, 5) is 2.35. The number of hydrogen-bond acceptors (Lipinski definition) is 2. The van der Waals surface area contributed by atoms with Crippen molar-refractivity contribution in [1.82, 2.24) is 10.2 Å². The van der Waals surface area contributed by atoms with Gasteiger partial charge in [-0.1, -0.05) is 30.7 Å². The maximum absolute atomic E-state index is 5.98. The van der Waals surface area contributed by atoms with Crippen molar-refractivity contribution in [2.75, 3.05) is 26.7 Å². The number of nitrogens with one attached hydrogen (secondary N) is 1. The van der Waals surface area contributed by atoms with Crippen LogP contribution < -0.4 is 5.32 Å². The fourth-order valence-electron chi connectivity index (χ4n) is 1.96. The number of halogens is 1. The molecule has 0 atom stereocenters. The molecule has 0 aliphatic rings. The smallest absolute Gasteiger partial charge is 0.0409 e. The van der Waals surface area contributed by atoms with E-state index in [-0.39, 0.29) is 0 Å². The van der Waals surface area contributed by atoms with Crippen LogP contribution in [0.1, 0.15) is 31.7 Å². The van der Waals surface area contributed by atoms with Crippen molar-refractivity contribution in [3.05, 3.63) is 34.9 Å². The second-order valence-electron chi connectivity index (χ2n) is 4.82. The summed E-state index contributed by atoms with van der Waals surface area (Å²) in [5, 5.41) is 4.25. The standard InChI is InChI=1S/C15H25ClN2/c1-3-9-17-10-4-5-11-18(2)13-14-7-6-8-15(16)12-14/h6-8,12,17H,3-5,9-11,13H2,1-2H3. The van der Waals surface area contributed by atoms with E-state index in [4.69, 9.17) is 11.6 Å². The summed E-state index contributed by atoms with van der Waals surface area (Å²) in [7, 11) is 2.17. The van der Waals surface area contributed by atoms with E-state index in [0.29, 0.717) is 0 Å². The van der Waals surface area contributed by atoms with Crippen molar-refractivity contribution in [2.45, 2.75) is 32.7 Å². The van der Waals surface area contributed by atoms with Gasteiger partial charge in [0.1, 0.15) is 0 Å². The first-order valence-electron chi connectivity index (χ1n) is 6.86. The normalized spacial score (nSPS) is 11.1. The third-order valence-electron chi connectivity index (χ3n) is 2.91. The number of nitrogens with zero attached hydrogens (tertiary/aromatic N) is 1. The molecular weight excluding hydrogens is 244 g/mol. The Morgan fingerprint density at radius 2 is 2.06 bits per heavy atom. The quantitative estimate of drug-likeness (QED) is 0.689. The summed E-state index contributed by atoms with van der Waals surface area (Å²) in [6.07, 6.45) is 3.71. The zero-order valence-electron chi connectivity index (χ0n) is 11.6. The first-order chi connectivity index (χ1) is 8.72. The Hall–Kier alpha value is -0.570. The van der Waals surface area contributed by atoms with E-state index in [9.17, 15) is 0 Å². The minimum absolute atomic E-state index is 0.824. The van der Waals surface area contributed by atoms with Gasteiger partial charge in [0.2, 0.25) is 0 Å². The van der Waals surface area contributed by atoms with Crippen LogP contribution in [-0.4, -0.2) is 31.6 Å². The van der Waals surface area contributed by atoms with Gasteiger partial charge in [0.25, 0.3) is 0 Å². The highest BCUT2D eigenvalue weighted by molar-refractivity contribution is 6.30. The summed E-state index contributed by atoms with van der Waals surface area (Å²) >= 11 is 5.98. The number of hydrogen-bond donors (Lipinski definition) is 1. The van der Waals surface area contributed by atoms with Crippen molar-refractivity contribution < 1.29 is 0 Å². The van der Waals surface area contributed by atoms with E-state index in [2.05, 4.69) is 30.3 Å². The summed E-state index contributed by atoms with van der Waals surface area (Å²) < 4.78 is 0. The van der Waals surface area contributed by atoms with E-state index in [1.807, 2.05) is 18.2 Å². The number of benzene rings is 1. The first kappa shape index (κ1) is 15.5. The van der Waals surface area contributed by atoms with Crippen molar-refractivity contribution in [3.63, 3.8) is 0 Å². The lowest BCUT2D eigenvalue weighted by atomic mass is 10.2. The fraction of sp³-hybridized carbons (Fsp3) is 0.600. The van der Waals surface area contributed by atoms with E-state index >= 15 is 0 Å². The van der Waals surface area contributed by atoms with Crippen LogP contribution in [0, 0.1) is 0 Å². The van der Waals surface area contributed by atoms with Crippen LogP contribution in [0.4, 0.5) is 0 Å². The van der Waals surface area contributed by atoms with Crippen LogP contribution in [0.15, 0.2) is 24.3 Å². The molecule has 0 aliphatic heterocycles. The van der Waals surface area contributed by atoms with Crippen LogP contribution in [0.3, 0.4) is 0 Å². The van der Waals surface area contributed by atoms with Gasteiger partial charge in [-0.2, -0.15) is 0 Å². The maximum Gasteiger partial charge on any atom is 0.0409 e. The molecule has 18 heavy (non-hydrogen) atoms. The average molecular weight is 269 g/mol. The van der Waals surface area contributed by atoms with Crippen LogP contribution in [0.25, 0.3) is 0 Å². The molecule has 1 aromatic carbocycles. The molecule has 0 saturated carbocycles. The Labute approximate surface area is 116 Å². The Morgan fingerprint density at radius 1 is 1.22 bits per heavy atom. The molecular formula is C15H25ClN2. The van der Waals surface area contributed by atoms with Gasteiger partial charge in [-0.25, -0.2) is 0 Å². The summed E-state index contributed by atoms with van der Waals surface area (Å²) in [6, 6.07) is 8.11. The van der Waals surface area contributed by atoms with Crippen molar-refractivity contribution in [2.24, 2.45) is 0 Å². The van der Waals surface area contributed by atoms with E-state index in [0.717, 1.165) is 31.2 Å². The van der Waals surface area contributed by atoms with Gasteiger partial charge in [-0.05, 0) is 63.6 Å². The molecule has 0 bridgehead atoms. The van der Waals surface area contributed by atoms with E-state index < -0.39 is 0 Å². The lowest BCUT2D eigenvalue weighted by Crippen LogP contribution is -2.21. The van der Waals surface area contributed by atoms with Gasteiger partial charge >= 0.3 is 0 Å². The zero-order valence-corrected chi connectivity index (χ0v) is 12.3. The van der Waals surface area contributed by atoms with Crippen LogP contribution in [-0.2, 0) is 6.54 Å². The van der Waals surface area contributed by atoms with Crippen molar-refractivity contribution in [1.29, 1.82) is 0 Å². The van der Waals surface area contributed by atoms with Gasteiger partial charge in [0.15, 0.2) is 0 Å². The number of rotatable bonds is 9.